The van der Waals surface area contributed by atoms with Gasteiger partial charge in [-0.25, -0.2) is 4.98 Å². The number of fused-ring (bicyclic) bond motifs is 1. The van der Waals surface area contributed by atoms with Gasteiger partial charge in [-0.15, -0.1) is 11.3 Å². The summed E-state index contributed by atoms with van der Waals surface area (Å²) >= 11 is 14.0. The Morgan fingerprint density at radius 3 is 2.70 bits per heavy atom. The number of ether oxygens (including phenoxy) is 2. The number of hydrogen-bond donors (Lipinski definition) is 1. The van der Waals surface area contributed by atoms with Crippen LogP contribution in [0.1, 0.15) is 35.7 Å². The van der Waals surface area contributed by atoms with Gasteiger partial charge in [0, 0.05) is 16.9 Å². The van der Waals surface area contributed by atoms with E-state index < -0.39 is 11.9 Å². The van der Waals surface area contributed by atoms with Crippen LogP contribution < -0.4 is 9.47 Å². The molecular weight excluding hydrogens is 481 g/mol. The van der Waals surface area contributed by atoms with Crippen LogP contribution in [0.15, 0.2) is 36.4 Å². The van der Waals surface area contributed by atoms with Gasteiger partial charge in [-0.2, -0.15) is 0 Å². The SMILES string of the molecule is CC(C)Cc1sc(CCC(Cc2cccc3c2OCO3)C(=O)O)nc1-c1ccc(Cl)c(Cl)c1. The minimum absolute atomic E-state index is 0.166. The Morgan fingerprint density at radius 1 is 1.15 bits per heavy atom. The molecule has 0 saturated carbocycles. The molecule has 4 rings (SSSR count). The standard InChI is InChI=1S/C25H25Cl2NO4S/c1-14(2)10-21-23(15-6-8-18(26)19(27)12-15)28-22(33-21)9-7-17(25(29)30)11-16-4-3-5-20-24(16)32-13-31-20/h3-6,8,12,14,17H,7,9-11,13H2,1-2H3,(H,29,30). The van der Waals surface area contributed by atoms with E-state index in [1.165, 1.54) is 4.88 Å². The zero-order valence-electron chi connectivity index (χ0n) is 18.4. The van der Waals surface area contributed by atoms with E-state index in [0.29, 0.717) is 46.7 Å². The summed E-state index contributed by atoms with van der Waals surface area (Å²) in [7, 11) is 0. The highest BCUT2D eigenvalue weighted by Gasteiger charge is 2.25. The highest BCUT2D eigenvalue weighted by molar-refractivity contribution is 7.12. The van der Waals surface area contributed by atoms with E-state index in [1.807, 2.05) is 30.3 Å². The summed E-state index contributed by atoms with van der Waals surface area (Å²) in [5.74, 6) is 0.413. The highest BCUT2D eigenvalue weighted by Crippen LogP contribution is 2.38. The van der Waals surface area contributed by atoms with E-state index in [9.17, 15) is 9.90 Å². The second-order valence-electron chi connectivity index (χ2n) is 8.54. The van der Waals surface area contributed by atoms with E-state index >= 15 is 0 Å². The maximum atomic E-state index is 12.0. The fraction of sp³-hybridized carbons (Fsp3) is 0.360. The smallest absolute Gasteiger partial charge is 0.306 e. The molecule has 1 N–H and O–H groups in total. The first-order chi connectivity index (χ1) is 15.8. The molecule has 2 heterocycles. The van der Waals surface area contributed by atoms with Crippen LogP contribution in [0.3, 0.4) is 0 Å². The molecule has 1 aromatic heterocycles. The lowest BCUT2D eigenvalue weighted by atomic mass is 9.94. The van der Waals surface area contributed by atoms with E-state index in [4.69, 9.17) is 37.7 Å². The number of aryl methyl sites for hydroxylation is 1. The molecule has 1 unspecified atom stereocenters. The topological polar surface area (TPSA) is 68.7 Å². The Balaban J connectivity index is 1.54. The Morgan fingerprint density at radius 2 is 1.97 bits per heavy atom. The van der Waals surface area contributed by atoms with Crippen LogP contribution in [0.2, 0.25) is 10.0 Å². The molecule has 8 heteroatoms. The third-order valence-electron chi connectivity index (χ3n) is 5.53. The molecule has 5 nitrogen and oxygen atoms in total. The van der Waals surface area contributed by atoms with Crippen LogP contribution in [0, 0.1) is 11.8 Å². The molecule has 3 aromatic rings. The van der Waals surface area contributed by atoms with Gasteiger partial charge in [0.05, 0.1) is 26.7 Å². The second-order valence-corrected chi connectivity index (χ2v) is 10.5. The van der Waals surface area contributed by atoms with Gasteiger partial charge in [0.1, 0.15) is 0 Å². The van der Waals surface area contributed by atoms with Gasteiger partial charge in [-0.3, -0.25) is 4.79 Å². The van der Waals surface area contributed by atoms with E-state index in [0.717, 1.165) is 28.2 Å². The third-order valence-corrected chi connectivity index (χ3v) is 7.41. The molecule has 33 heavy (non-hydrogen) atoms. The molecule has 1 atom stereocenters. The van der Waals surface area contributed by atoms with Crippen molar-refractivity contribution in [2.24, 2.45) is 11.8 Å². The lowest BCUT2D eigenvalue weighted by Crippen LogP contribution is -2.17. The predicted octanol–water partition coefficient (Wildman–Crippen LogP) is 6.92. The monoisotopic (exact) mass is 505 g/mol. The van der Waals surface area contributed by atoms with Crippen molar-refractivity contribution in [1.29, 1.82) is 0 Å². The number of rotatable bonds is 9. The van der Waals surface area contributed by atoms with Crippen LogP contribution in [-0.2, 0) is 24.1 Å². The van der Waals surface area contributed by atoms with Gasteiger partial charge >= 0.3 is 5.97 Å². The fourth-order valence-corrected chi connectivity index (χ4v) is 5.53. The van der Waals surface area contributed by atoms with E-state index in [-0.39, 0.29) is 6.79 Å². The number of nitrogens with zero attached hydrogens (tertiary/aromatic N) is 1. The van der Waals surface area contributed by atoms with Crippen molar-refractivity contribution in [1.82, 2.24) is 4.98 Å². The number of aromatic nitrogens is 1. The number of carbonyl (C=O) groups is 1. The van der Waals surface area contributed by atoms with Crippen LogP contribution in [0.25, 0.3) is 11.3 Å². The molecule has 2 aromatic carbocycles. The molecule has 1 aliphatic rings. The zero-order chi connectivity index (χ0) is 23.5. The Bertz CT molecular complexity index is 1160. The van der Waals surface area contributed by atoms with Gasteiger partial charge in [-0.1, -0.05) is 55.2 Å². The Kier molecular flexibility index (Phi) is 7.47. The molecule has 0 fully saturated rings. The lowest BCUT2D eigenvalue weighted by molar-refractivity contribution is -0.141. The summed E-state index contributed by atoms with van der Waals surface area (Å²) in [6.45, 7) is 4.50. The van der Waals surface area contributed by atoms with Crippen molar-refractivity contribution in [3.8, 4) is 22.8 Å². The fourth-order valence-electron chi connectivity index (χ4n) is 3.91. The van der Waals surface area contributed by atoms with Gasteiger partial charge in [0.25, 0.3) is 0 Å². The van der Waals surface area contributed by atoms with Crippen molar-refractivity contribution in [2.45, 2.75) is 39.5 Å². The average Bonchev–Trinajstić information content (AvgIpc) is 3.40. The van der Waals surface area contributed by atoms with Crippen molar-refractivity contribution >= 4 is 40.5 Å². The van der Waals surface area contributed by atoms with Crippen molar-refractivity contribution in [3.63, 3.8) is 0 Å². The van der Waals surface area contributed by atoms with Crippen molar-refractivity contribution in [3.05, 3.63) is 61.9 Å². The van der Waals surface area contributed by atoms with Crippen LogP contribution in [-0.4, -0.2) is 22.9 Å². The number of carboxylic acids is 1. The van der Waals surface area contributed by atoms with E-state index in [2.05, 4.69) is 13.8 Å². The van der Waals surface area contributed by atoms with Crippen LogP contribution >= 0.6 is 34.5 Å². The largest absolute Gasteiger partial charge is 0.481 e. The summed E-state index contributed by atoms with van der Waals surface area (Å²) in [6.07, 6.45) is 2.34. The van der Waals surface area contributed by atoms with Gasteiger partial charge in [-0.05, 0) is 48.9 Å². The third kappa shape index (κ3) is 5.62. The maximum Gasteiger partial charge on any atom is 0.306 e. The van der Waals surface area contributed by atoms with Crippen LogP contribution in [0.5, 0.6) is 11.5 Å². The summed E-state index contributed by atoms with van der Waals surface area (Å²) in [5, 5.41) is 11.8. The number of thiazole rings is 1. The quantitative estimate of drug-likeness (QED) is 0.341. The molecule has 1 aliphatic heterocycles. The first-order valence-electron chi connectivity index (χ1n) is 10.9. The van der Waals surface area contributed by atoms with Gasteiger partial charge in [0.2, 0.25) is 6.79 Å². The van der Waals surface area contributed by atoms with Gasteiger partial charge in [0.15, 0.2) is 11.5 Å². The van der Waals surface area contributed by atoms with Crippen molar-refractivity contribution < 1.29 is 19.4 Å². The summed E-state index contributed by atoms with van der Waals surface area (Å²) in [6, 6.07) is 11.1. The second kappa shape index (κ2) is 10.3. The van der Waals surface area contributed by atoms with Crippen LogP contribution in [0.4, 0.5) is 0 Å². The number of carboxylic acid groups (broad SMARTS) is 1. The highest BCUT2D eigenvalue weighted by atomic mass is 35.5. The number of benzene rings is 2. The molecule has 0 saturated heterocycles. The average molecular weight is 506 g/mol. The number of hydrogen-bond acceptors (Lipinski definition) is 5. The summed E-state index contributed by atoms with van der Waals surface area (Å²) < 4.78 is 11.0. The minimum atomic E-state index is -0.824. The maximum absolute atomic E-state index is 12.0. The molecule has 0 bridgehead atoms. The van der Waals surface area contributed by atoms with E-state index in [1.54, 1.807) is 17.4 Å². The minimum Gasteiger partial charge on any atom is -0.481 e. The summed E-state index contributed by atoms with van der Waals surface area (Å²) in [5.41, 5.74) is 2.68. The first-order valence-corrected chi connectivity index (χ1v) is 12.4. The summed E-state index contributed by atoms with van der Waals surface area (Å²) in [4.78, 5) is 18.1. The zero-order valence-corrected chi connectivity index (χ0v) is 20.8. The predicted molar refractivity (Wildman–Crippen MR) is 132 cm³/mol. The molecule has 0 radical (unpaired) electrons. The number of aliphatic carboxylic acids is 1. The Labute approximate surface area is 207 Å². The first kappa shape index (κ1) is 23.9. The molecular formula is C25H25Cl2NO4S. The van der Waals surface area contributed by atoms with Crippen molar-refractivity contribution in [2.75, 3.05) is 6.79 Å². The number of para-hydroxylation sites is 1. The Hall–Kier alpha value is -2.28. The normalized spacial score (nSPS) is 13.5. The molecule has 0 aliphatic carbocycles. The molecule has 0 spiro atoms. The number of halogens is 2. The lowest BCUT2D eigenvalue weighted by Gasteiger charge is -2.13. The molecule has 174 valence electrons. The molecule has 0 amide bonds. The van der Waals surface area contributed by atoms with Gasteiger partial charge < -0.3 is 14.6 Å².